The number of urea groups is 2. The molecule has 0 aliphatic rings. The highest BCUT2D eigenvalue weighted by Crippen LogP contribution is 2.07. The highest BCUT2D eigenvalue weighted by Gasteiger charge is 2.08. The van der Waals surface area contributed by atoms with Gasteiger partial charge in [0.2, 0.25) is 0 Å². The molecule has 0 aromatic heterocycles. The largest absolute Gasteiger partial charge is 0.324 e. The summed E-state index contributed by atoms with van der Waals surface area (Å²) < 4.78 is 0. The second kappa shape index (κ2) is 9.88. The van der Waals surface area contributed by atoms with Crippen molar-refractivity contribution in [3.8, 4) is 0 Å². The maximum Gasteiger partial charge on any atom is 0.321 e. The molecular weight excluding hydrogens is 328 g/mol. The average Bonchev–Trinajstić information content (AvgIpc) is 2.66. The first-order chi connectivity index (χ1) is 12.6. The lowest BCUT2D eigenvalue weighted by Gasteiger charge is -2.17. The van der Waals surface area contributed by atoms with Gasteiger partial charge in [-0.1, -0.05) is 48.6 Å². The molecule has 6 nitrogen and oxygen atoms in total. The lowest BCUT2D eigenvalue weighted by molar-refractivity contribution is 0.225. The van der Waals surface area contributed by atoms with E-state index in [4.69, 9.17) is 0 Å². The van der Waals surface area contributed by atoms with E-state index in [2.05, 4.69) is 10.6 Å². The van der Waals surface area contributed by atoms with Gasteiger partial charge in [-0.25, -0.2) is 9.59 Å². The smallest absolute Gasteiger partial charge is 0.321 e. The number of benzene rings is 2. The number of nitrogens with zero attached hydrogens (tertiary/aromatic N) is 2. The number of hydrogen-bond acceptors (Lipinski definition) is 2. The highest BCUT2D eigenvalue weighted by atomic mass is 16.2. The molecule has 0 atom stereocenters. The van der Waals surface area contributed by atoms with Crippen molar-refractivity contribution in [1.82, 2.24) is 9.80 Å². The molecule has 136 valence electrons. The molecule has 0 fully saturated rings. The van der Waals surface area contributed by atoms with Gasteiger partial charge in [-0.15, -0.1) is 0 Å². The van der Waals surface area contributed by atoms with E-state index in [9.17, 15) is 9.59 Å². The molecule has 0 heterocycles. The first-order valence-electron chi connectivity index (χ1n) is 8.35. The molecule has 0 spiro atoms. The Morgan fingerprint density at radius 2 is 1.08 bits per heavy atom. The van der Waals surface area contributed by atoms with Crippen LogP contribution >= 0.6 is 0 Å². The van der Waals surface area contributed by atoms with Gasteiger partial charge in [0.15, 0.2) is 0 Å². The minimum Gasteiger partial charge on any atom is -0.324 e. The number of para-hydroxylation sites is 2. The first-order valence-corrected chi connectivity index (χ1v) is 8.35. The van der Waals surface area contributed by atoms with Gasteiger partial charge >= 0.3 is 12.1 Å². The molecule has 2 aromatic carbocycles. The predicted molar refractivity (Wildman–Crippen MR) is 105 cm³/mol. The van der Waals surface area contributed by atoms with Crippen LogP contribution in [0.5, 0.6) is 0 Å². The molecule has 6 heteroatoms. The molecule has 2 N–H and O–H groups in total. The summed E-state index contributed by atoms with van der Waals surface area (Å²) in [7, 11) is 3.43. The Bertz CT molecular complexity index is 668. The Morgan fingerprint density at radius 3 is 1.42 bits per heavy atom. The predicted octanol–water partition coefficient (Wildman–Crippen LogP) is 3.87. The molecule has 0 unspecified atom stereocenters. The fourth-order valence-electron chi connectivity index (χ4n) is 2.11. The lowest BCUT2D eigenvalue weighted by atomic mass is 10.3. The molecule has 2 rings (SSSR count). The molecular formula is C20H24N4O2. The van der Waals surface area contributed by atoms with Crippen molar-refractivity contribution >= 4 is 23.4 Å². The van der Waals surface area contributed by atoms with Crippen molar-refractivity contribution in [3.05, 3.63) is 72.8 Å². The minimum atomic E-state index is -0.184. The highest BCUT2D eigenvalue weighted by molar-refractivity contribution is 5.89. The molecule has 0 radical (unpaired) electrons. The van der Waals surface area contributed by atoms with Gasteiger partial charge in [0.1, 0.15) is 0 Å². The summed E-state index contributed by atoms with van der Waals surface area (Å²) >= 11 is 0. The fraction of sp³-hybridized carbons (Fsp3) is 0.200. The lowest BCUT2D eigenvalue weighted by Crippen LogP contribution is -2.32. The van der Waals surface area contributed by atoms with Crippen molar-refractivity contribution < 1.29 is 9.59 Å². The fourth-order valence-corrected chi connectivity index (χ4v) is 2.11. The average molecular weight is 352 g/mol. The maximum atomic E-state index is 12.1. The zero-order valence-electron chi connectivity index (χ0n) is 15.1. The first kappa shape index (κ1) is 19.1. The molecule has 0 aliphatic carbocycles. The summed E-state index contributed by atoms with van der Waals surface area (Å²) in [4.78, 5) is 27.2. The van der Waals surface area contributed by atoms with E-state index in [0.717, 1.165) is 11.4 Å². The Hall–Kier alpha value is -3.28. The van der Waals surface area contributed by atoms with Crippen molar-refractivity contribution in [2.45, 2.75) is 0 Å². The van der Waals surface area contributed by atoms with Gasteiger partial charge in [-0.2, -0.15) is 0 Å². The van der Waals surface area contributed by atoms with Crippen LogP contribution in [0, 0.1) is 0 Å². The van der Waals surface area contributed by atoms with E-state index in [0.29, 0.717) is 13.1 Å². The van der Waals surface area contributed by atoms with Crippen LogP contribution in [0.3, 0.4) is 0 Å². The Kier molecular flexibility index (Phi) is 7.24. The topological polar surface area (TPSA) is 64.7 Å². The summed E-state index contributed by atoms with van der Waals surface area (Å²) in [6.45, 7) is 0.902. The standard InChI is InChI=1S/C20H24N4O2/c1-23(19(25)21-17-11-5-3-6-12-17)15-9-10-16-24(2)20(26)22-18-13-7-4-8-14-18/h3-14H,15-16H2,1-2H3,(H,21,25)(H,22,26). The van der Waals surface area contributed by atoms with E-state index in [1.165, 1.54) is 0 Å². The maximum absolute atomic E-state index is 12.1. The summed E-state index contributed by atoms with van der Waals surface area (Å²) in [6.07, 6.45) is 3.72. The number of hydrogen-bond donors (Lipinski definition) is 2. The van der Waals surface area contributed by atoms with Crippen LogP contribution in [0.15, 0.2) is 72.8 Å². The third kappa shape index (κ3) is 6.32. The van der Waals surface area contributed by atoms with E-state index < -0.39 is 0 Å². The Morgan fingerprint density at radius 1 is 0.731 bits per heavy atom. The minimum absolute atomic E-state index is 0.184. The molecule has 0 bridgehead atoms. The van der Waals surface area contributed by atoms with Crippen LogP contribution in [-0.4, -0.2) is 49.0 Å². The molecule has 26 heavy (non-hydrogen) atoms. The van der Waals surface area contributed by atoms with E-state index >= 15 is 0 Å². The second-order valence-corrected chi connectivity index (χ2v) is 5.82. The molecule has 0 aliphatic heterocycles. The molecule has 0 saturated heterocycles. The summed E-state index contributed by atoms with van der Waals surface area (Å²) in [5.41, 5.74) is 1.51. The molecule has 4 amide bonds. The normalized spacial score (nSPS) is 10.4. The van der Waals surface area contributed by atoms with Gasteiger partial charge in [-0.3, -0.25) is 0 Å². The molecule has 2 aromatic rings. The number of carbonyl (C=O) groups is 2. The Labute approximate surface area is 154 Å². The van der Waals surface area contributed by atoms with E-state index in [1.54, 1.807) is 23.9 Å². The van der Waals surface area contributed by atoms with Crippen molar-refractivity contribution in [3.63, 3.8) is 0 Å². The SMILES string of the molecule is CN(CC=CCN(C)C(=O)Nc1ccccc1)C(=O)Nc1ccccc1. The van der Waals surface area contributed by atoms with Crippen LogP contribution < -0.4 is 10.6 Å². The van der Waals surface area contributed by atoms with E-state index in [1.807, 2.05) is 72.8 Å². The number of rotatable bonds is 6. The Balaban J connectivity index is 1.72. The van der Waals surface area contributed by atoms with Crippen LogP contribution in [-0.2, 0) is 0 Å². The van der Waals surface area contributed by atoms with Crippen LogP contribution in [0.4, 0.5) is 21.0 Å². The summed E-state index contributed by atoms with van der Waals surface area (Å²) in [5.74, 6) is 0. The monoisotopic (exact) mass is 352 g/mol. The second-order valence-electron chi connectivity index (χ2n) is 5.82. The van der Waals surface area contributed by atoms with Crippen molar-refractivity contribution in [2.24, 2.45) is 0 Å². The van der Waals surface area contributed by atoms with E-state index in [-0.39, 0.29) is 12.1 Å². The quantitative estimate of drug-likeness (QED) is 0.775. The van der Waals surface area contributed by atoms with Gasteiger partial charge in [0.05, 0.1) is 0 Å². The number of carbonyl (C=O) groups excluding carboxylic acids is 2. The number of anilines is 2. The van der Waals surface area contributed by atoms with Crippen LogP contribution in [0.2, 0.25) is 0 Å². The number of amides is 4. The van der Waals surface area contributed by atoms with Gasteiger partial charge in [-0.05, 0) is 24.3 Å². The van der Waals surface area contributed by atoms with Gasteiger partial charge in [0.25, 0.3) is 0 Å². The van der Waals surface area contributed by atoms with Crippen molar-refractivity contribution in [1.29, 1.82) is 0 Å². The number of likely N-dealkylation sites (N-methyl/N-ethyl adjacent to an activating group) is 2. The van der Waals surface area contributed by atoms with Gasteiger partial charge in [0, 0.05) is 38.6 Å². The third-order valence-electron chi connectivity index (χ3n) is 3.67. The molecule has 0 saturated carbocycles. The third-order valence-corrected chi connectivity index (χ3v) is 3.67. The number of nitrogens with one attached hydrogen (secondary N) is 2. The van der Waals surface area contributed by atoms with Crippen LogP contribution in [0.25, 0.3) is 0 Å². The zero-order chi connectivity index (χ0) is 18.8. The van der Waals surface area contributed by atoms with Crippen molar-refractivity contribution in [2.75, 3.05) is 37.8 Å². The summed E-state index contributed by atoms with van der Waals surface area (Å²) in [5, 5.41) is 5.63. The van der Waals surface area contributed by atoms with Crippen LogP contribution in [0.1, 0.15) is 0 Å². The zero-order valence-corrected chi connectivity index (χ0v) is 15.1. The summed E-state index contributed by atoms with van der Waals surface area (Å²) in [6, 6.07) is 18.2. The van der Waals surface area contributed by atoms with Gasteiger partial charge < -0.3 is 20.4 Å².